The van der Waals surface area contributed by atoms with Gasteiger partial charge in [-0.05, 0) is 17.5 Å². The van der Waals surface area contributed by atoms with E-state index in [9.17, 15) is 0 Å². The van der Waals surface area contributed by atoms with Gasteiger partial charge in [0.15, 0.2) is 12.2 Å². The number of nitrogens with one attached hydrogen (secondary N) is 1. The molecule has 2 aromatic heterocycles. The van der Waals surface area contributed by atoms with Crippen molar-refractivity contribution >= 4 is 29.3 Å². The van der Waals surface area contributed by atoms with Gasteiger partial charge in [0.1, 0.15) is 0 Å². The van der Waals surface area contributed by atoms with Crippen LogP contribution in [0.25, 0.3) is 0 Å². The zero-order valence-corrected chi connectivity index (χ0v) is 10.1. The molecule has 0 aliphatic carbocycles. The van der Waals surface area contributed by atoms with E-state index < -0.39 is 5.66 Å². The summed E-state index contributed by atoms with van der Waals surface area (Å²) in [7, 11) is 0. The summed E-state index contributed by atoms with van der Waals surface area (Å²) in [5.41, 5.74) is 1.87. The molecule has 3 heterocycles. The van der Waals surface area contributed by atoms with Crippen LogP contribution < -0.4 is 5.48 Å². The van der Waals surface area contributed by atoms with Crippen molar-refractivity contribution in [1.82, 2.24) is 15.4 Å². The Balaban J connectivity index is 2.18. The molecule has 0 bridgehead atoms. The van der Waals surface area contributed by atoms with Gasteiger partial charge < -0.3 is 4.84 Å². The summed E-state index contributed by atoms with van der Waals surface area (Å²) in [6.45, 7) is 0. The van der Waals surface area contributed by atoms with Gasteiger partial charge in [-0.3, -0.25) is 0 Å². The number of hydrogen-bond acceptors (Lipinski definition) is 6. The number of thiophene rings is 1. The molecule has 0 amide bonds. The number of hydroxylamine groups is 1. The lowest BCUT2D eigenvalue weighted by Crippen LogP contribution is -2.38. The molecule has 1 aliphatic heterocycles. The lowest BCUT2D eigenvalue weighted by molar-refractivity contribution is 0.144. The van der Waals surface area contributed by atoms with Gasteiger partial charge in [0, 0.05) is 12.4 Å². The molecule has 86 valence electrons. The Morgan fingerprint density at radius 3 is 2.76 bits per heavy atom. The predicted octanol–water partition coefficient (Wildman–Crippen LogP) is 1.96. The first kappa shape index (κ1) is 10.6. The van der Waals surface area contributed by atoms with E-state index in [0.29, 0.717) is 10.8 Å². The van der Waals surface area contributed by atoms with Crippen LogP contribution in [0.15, 0.2) is 34.9 Å². The topological polar surface area (TPSA) is 59.4 Å². The first-order valence-electron chi connectivity index (χ1n) is 4.80. The molecule has 2 aromatic rings. The SMILES string of the molecule is Clc1ccsc1C1(c2ncccn2)N=CON1. The van der Waals surface area contributed by atoms with Crippen molar-refractivity contribution in [2.24, 2.45) is 4.99 Å². The molecule has 7 heteroatoms. The van der Waals surface area contributed by atoms with Gasteiger partial charge in [-0.25, -0.2) is 15.0 Å². The number of halogens is 1. The predicted molar refractivity (Wildman–Crippen MR) is 64.9 cm³/mol. The Morgan fingerprint density at radius 1 is 1.35 bits per heavy atom. The van der Waals surface area contributed by atoms with Gasteiger partial charge in [0.05, 0.1) is 9.90 Å². The highest BCUT2D eigenvalue weighted by Gasteiger charge is 2.43. The second-order valence-corrected chi connectivity index (χ2v) is 4.66. The minimum atomic E-state index is -0.938. The van der Waals surface area contributed by atoms with Crippen LogP contribution in [0.1, 0.15) is 10.7 Å². The van der Waals surface area contributed by atoms with Crippen molar-refractivity contribution < 1.29 is 4.84 Å². The van der Waals surface area contributed by atoms with E-state index >= 15 is 0 Å². The number of rotatable bonds is 2. The maximum absolute atomic E-state index is 6.14. The minimum Gasteiger partial charge on any atom is -0.394 e. The summed E-state index contributed by atoms with van der Waals surface area (Å²) in [4.78, 5) is 18.5. The van der Waals surface area contributed by atoms with Gasteiger partial charge in [0.2, 0.25) is 5.66 Å². The van der Waals surface area contributed by atoms with Gasteiger partial charge in [0.25, 0.3) is 0 Å². The quantitative estimate of drug-likeness (QED) is 0.903. The molecular formula is C10H7ClN4OS. The molecule has 1 atom stereocenters. The zero-order valence-electron chi connectivity index (χ0n) is 8.50. The lowest BCUT2D eigenvalue weighted by Gasteiger charge is -2.21. The fourth-order valence-corrected chi connectivity index (χ4v) is 2.88. The number of nitrogens with zero attached hydrogens (tertiary/aromatic N) is 3. The van der Waals surface area contributed by atoms with Crippen LogP contribution in [0.2, 0.25) is 5.02 Å². The van der Waals surface area contributed by atoms with Crippen molar-refractivity contribution in [3.8, 4) is 0 Å². The van der Waals surface area contributed by atoms with Crippen molar-refractivity contribution in [2.45, 2.75) is 5.66 Å². The van der Waals surface area contributed by atoms with E-state index in [1.807, 2.05) is 11.4 Å². The van der Waals surface area contributed by atoms with Crippen molar-refractivity contribution in [3.63, 3.8) is 0 Å². The summed E-state index contributed by atoms with van der Waals surface area (Å²) >= 11 is 7.62. The summed E-state index contributed by atoms with van der Waals surface area (Å²) in [5.74, 6) is 0.498. The average molecular weight is 267 g/mol. The van der Waals surface area contributed by atoms with Crippen molar-refractivity contribution in [3.05, 3.63) is 45.6 Å². The second kappa shape index (κ2) is 4.06. The number of aromatic nitrogens is 2. The smallest absolute Gasteiger partial charge is 0.240 e. The van der Waals surface area contributed by atoms with Crippen LogP contribution in [0.3, 0.4) is 0 Å². The standard InChI is InChI=1S/C10H7ClN4OS/c11-7-2-5-17-8(7)10(14-6-16-15-10)9-12-3-1-4-13-9/h1-6,15H. The maximum atomic E-state index is 6.14. The Hall–Kier alpha value is -1.50. The highest BCUT2D eigenvalue weighted by Crippen LogP contribution is 2.38. The third-order valence-electron chi connectivity index (χ3n) is 2.34. The van der Waals surface area contributed by atoms with E-state index in [4.69, 9.17) is 16.4 Å². The molecule has 5 nitrogen and oxygen atoms in total. The molecule has 0 aromatic carbocycles. The fraction of sp³-hybridized carbons (Fsp3) is 0.100. The number of hydrogen-bond donors (Lipinski definition) is 1. The maximum Gasteiger partial charge on any atom is 0.240 e. The normalized spacial score (nSPS) is 22.6. The van der Waals surface area contributed by atoms with E-state index in [1.165, 1.54) is 17.7 Å². The molecule has 1 aliphatic rings. The average Bonchev–Trinajstić information content (AvgIpc) is 2.99. The molecule has 17 heavy (non-hydrogen) atoms. The zero-order chi connectivity index (χ0) is 11.7. The molecule has 0 radical (unpaired) electrons. The van der Waals surface area contributed by atoms with Crippen LogP contribution in [-0.2, 0) is 10.5 Å². The Kier molecular flexibility index (Phi) is 2.54. The monoisotopic (exact) mass is 266 g/mol. The summed E-state index contributed by atoms with van der Waals surface area (Å²) in [5, 5.41) is 2.50. The Morgan fingerprint density at radius 2 is 2.18 bits per heavy atom. The van der Waals surface area contributed by atoms with Gasteiger partial charge in [-0.15, -0.1) is 16.8 Å². The molecular weight excluding hydrogens is 260 g/mol. The molecule has 0 saturated carbocycles. The summed E-state index contributed by atoms with van der Waals surface area (Å²) in [6, 6.07) is 3.55. The largest absolute Gasteiger partial charge is 0.394 e. The first-order valence-corrected chi connectivity index (χ1v) is 6.06. The highest BCUT2D eigenvalue weighted by atomic mass is 35.5. The number of aliphatic imine (C=N–C) groups is 1. The Labute approximate surface area is 106 Å². The molecule has 0 saturated heterocycles. The van der Waals surface area contributed by atoms with Crippen LogP contribution in [0.5, 0.6) is 0 Å². The minimum absolute atomic E-state index is 0.498. The van der Waals surface area contributed by atoms with E-state index in [1.54, 1.807) is 18.5 Å². The van der Waals surface area contributed by atoms with E-state index in [2.05, 4.69) is 20.4 Å². The molecule has 0 fully saturated rings. The molecule has 3 rings (SSSR count). The fourth-order valence-electron chi connectivity index (χ4n) is 1.59. The van der Waals surface area contributed by atoms with Crippen LogP contribution in [-0.4, -0.2) is 16.4 Å². The van der Waals surface area contributed by atoms with Crippen molar-refractivity contribution in [2.75, 3.05) is 0 Å². The van der Waals surface area contributed by atoms with E-state index in [0.717, 1.165) is 4.88 Å². The summed E-state index contributed by atoms with van der Waals surface area (Å²) < 4.78 is 0. The van der Waals surface area contributed by atoms with Crippen molar-refractivity contribution in [1.29, 1.82) is 0 Å². The van der Waals surface area contributed by atoms with E-state index in [-0.39, 0.29) is 0 Å². The van der Waals surface area contributed by atoms with Crippen LogP contribution >= 0.6 is 22.9 Å². The first-order chi connectivity index (χ1) is 8.33. The van der Waals surface area contributed by atoms with Gasteiger partial charge in [-0.2, -0.15) is 0 Å². The third-order valence-corrected chi connectivity index (χ3v) is 3.79. The molecule has 0 spiro atoms. The van der Waals surface area contributed by atoms with Crippen LogP contribution in [0.4, 0.5) is 0 Å². The lowest BCUT2D eigenvalue weighted by atomic mass is 10.1. The summed E-state index contributed by atoms with van der Waals surface area (Å²) in [6.07, 6.45) is 4.63. The highest BCUT2D eigenvalue weighted by molar-refractivity contribution is 7.10. The Bertz CT molecular complexity index is 558. The molecule has 1 unspecified atom stereocenters. The molecule has 1 N–H and O–H groups in total. The van der Waals surface area contributed by atoms with Crippen LogP contribution in [0, 0.1) is 0 Å². The second-order valence-electron chi connectivity index (χ2n) is 3.33. The third kappa shape index (κ3) is 1.61. The van der Waals surface area contributed by atoms with Gasteiger partial charge >= 0.3 is 0 Å². The van der Waals surface area contributed by atoms with Gasteiger partial charge in [-0.1, -0.05) is 11.6 Å².